The van der Waals surface area contributed by atoms with Crippen LogP contribution in [0.2, 0.25) is 0 Å². The molecule has 2 rings (SSSR count). The van der Waals surface area contributed by atoms with Crippen molar-refractivity contribution in [2.75, 3.05) is 10.6 Å². The summed E-state index contributed by atoms with van der Waals surface area (Å²) in [5, 5.41) is 6.05. The van der Waals surface area contributed by atoms with Gasteiger partial charge < -0.3 is 10.1 Å². The van der Waals surface area contributed by atoms with Gasteiger partial charge in [0.2, 0.25) is 0 Å². The third-order valence-electron chi connectivity index (χ3n) is 3.19. The SMILES string of the molecule is CC(CC1CC1)Nc1ccc(NC(=O)OC(C)(C)C)nc1. The highest BCUT2D eigenvalue weighted by atomic mass is 16.6. The first-order valence-electron chi connectivity index (χ1n) is 7.54. The number of carbonyl (C=O) groups excluding carboxylic acids is 1. The number of amides is 1. The van der Waals surface area contributed by atoms with Gasteiger partial charge in [0, 0.05) is 6.04 Å². The molecule has 5 heteroatoms. The second-order valence-electron chi connectivity index (χ2n) is 6.78. The highest BCUT2D eigenvalue weighted by Gasteiger charge is 2.23. The number of hydrogen-bond acceptors (Lipinski definition) is 4. The summed E-state index contributed by atoms with van der Waals surface area (Å²) in [4.78, 5) is 15.9. The maximum atomic E-state index is 11.6. The lowest BCUT2D eigenvalue weighted by atomic mass is 10.1. The average Bonchev–Trinajstić information content (AvgIpc) is 3.13. The first kappa shape index (κ1) is 15.6. The molecule has 1 fully saturated rings. The van der Waals surface area contributed by atoms with Crippen LogP contribution in [0, 0.1) is 5.92 Å². The van der Waals surface area contributed by atoms with Gasteiger partial charge >= 0.3 is 6.09 Å². The van der Waals surface area contributed by atoms with Crippen LogP contribution >= 0.6 is 0 Å². The minimum absolute atomic E-state index is 0.448. The van der Waals surface area contributed by atoms with Crippen LogP contribution in [0.1, 0.15) is 47.0 Å². The molecule has 0 spiro atoms. The van der Waals surface area contributed by atoms with Gasteiger partial charge in [-0.3, -0.25) is 5.32 Å². The molecule has 1 heterocycles. The minimum atomic E-state index is -0.510. The summed E-state index contributed by atoms with van der Waals surface area (Å²) in [6.45, 7) is 7.67. The molecule has 0 bridgehead atoms. The van der Waals surface area contributed by atoms with E-state index in [4.69, 9.17) is 4.74 Å². The van der Waals surface area contributed by atoms with E-state index in [0.29, 0.717) is 11.9 Å². The minimum Gasteiger partial charge on any atom is -0.444 e. The summed E-state index contributed by atoms with van der Waals surface area (Å²) in [6.07, 6.45) is 5.18. The second-order valence-corrected chi connectivity index (χ2v) is 6.78. The quantitative estimate of drug-likeness (QED) is 0.859. The molecule has 0 radical (unpaired) electrons. The highest BCUT2D eigenvalue weighted by Crippen LogP contribution is 2.34. The molecule has 21 heavy (non-hydrogen) atoms. The molecule has 0 aliphatic heterocycles. The summed E-state index contributed by atoms with van der Waals surface area (Å²) < 4.78 is 5.18. The molecular weight excluding hydrogens is 266 g/mol. The van der Waals surface area contributed by atoms with Crippen LogP contribution in [-0.4, -0.2) is 22.7 Å². The molecule has 1 atom stereocenters. The predicted molar refractivity (Wildman–Crippen MR) is 84.5 cm³/mol. The predicted octanol–water partition coefficient (Wildman–Crippen LogP) is 4.03. The van der Waals surface area contributed by atoms with Crippen molar-refractivity contribution >= 4 is 17.6 Å². The molecule has 5 nitrogen and oxygen atoms in total. The Hall–Kier alpha value is -1.78. The molecule has 1 aromatic rings. The molecule has 2 N–H and O–H groups in total. The maximum absolute atomic E-state index is 11.6. The molecule has 1 aliphatic rings. The molecule has 116 valence electrons. The van der Waals surface area contributed by atoms with E-state index in [0.717, 1.165) is 11.6 Å². The number of aromatic nitrogens is 1. The van der Waals surface area contributed by atoms with Crippen molar-refractivity contribution in [1.82, 2.24) is 4.98 Å². The van der Waals surface area contributed by atoms with Gasteiger partial charge in [-0.25, -0.2) is 9.78 Å². The van der Waals surface area contributed by atoms with E-state index >= 15 is 0 Å². The standard InChI is InChI=1S/C16H25N3O2/c1-11(9-12-5-6-12)18-13-7-8-14(17-10-13)19-15(20)21-16(2,3)4/h7-8,10-12,18H,5-6,9H2,1-4H3,(H,17,19,20). The number of nitrogens with zero attached hydrogens (tertiary/aromatic N) is 1. The van der Waals surface area contributed by atoms with Gasteiger partial charge in [-0.2, -0.15) is 0 Å². The zero-order valence-corrected chi connectivity index (χ0v) is 13.3. The monoisotopic (exact) mass is 291 g/mol. The Balaban J connectivity index is 1.82. The lowest BCUT2D eigenvalue weighted by Crippen LogP contribution is -2.27. The van der Waals surface area contributed by atoms with Gasteiger partial charge in [0.15, 0.2) is 0 Å². The Bertz CT molecular complexity index is 475. The summed E-state index contributed by atoms with van der Waals surface area (Å²) in [5.41, 5.74) is 0.460. The smallest absolute Gasteiger partial charge is 0.413 e. The molecule has 1 saturated carbocycles. The first-order valence-corrected chi connectivity index (χ1v) is 7.54. The summed E-state index contributed by atoms with van der Waals surface area (Å²) >= 11 is 0. The van der Waals surface area contributed by atoms with Gasteiger partial charge in [-0.15, -0.1) is 0 Å². The summed E-state index contributed by atoms with van der Waals surface area (Å²) in [6, 6.07) is 4.14. The Morgan fingerprint density at radius 1 is 1.43 bits per heavy atom. The average molecular weight is 291 g/mol. The zero-order chi connectivity index (χ0) is 15.5. The van der Waals surface area contributed by atoms with Crippen LogP contribution in [0.5, 0.6) is 0 Å². The molecule has 0 aromatic carbocycles. The van der Waals surface area contributed by atoms with E-state index in [1.165, 1.54) is 19.3 Å². The van der Waals surface area contributed by atoms with Crippen molar-refractivity contribution in [3.8, 4) is 0 Å². The summed E-state index contributed by atoms with van der Waals surface area (Å²) in [5.74, 6) is 1.39. The van der Waals surface area contributed by atoms with Crippen molar-refractivity contribution in [2.45, 2.75) is 58.6 Å². The van der Waals surface area contributed by atoms with E-state index < -0.39 is 11.7 Å². The number of hydrogen-bond donors (Lipinski definition) is 2. The Kier molecular flexibility index (Phi) is 4.70. The van der Waals surface area contributed by atoms with E-state index in [1.807, 2.05) is 26.8 Å². The fourth-order valence-electron chi connectivity index (χ4n) is 2.16. The lowest BCUT2D eigenvalue weighted by Gasteiger charge is -2.19. The fraction of sp³-hybridized carbons (Fsp3) is 0.625. The van der Waals surface area contributed by atoms with E-state index in [1.54, 1.807) is 12.3 Å². The fourth-order valence-corrected chi connectivity index (χ4v) is 2.16. The van der Waals surface area contributed by atoms with Crippen molar-refractivity contribution in [2.24, 2.45) is 5.92 Å². The lowest BCUT2D eigenvalue weighted by molar-refractivity contribution is 0.0635. The van der Waals surface area contributed by atoms with Gasteiger partial charge in [-0.1, -0.05) is 12.8 Å². The molecule has 1 unspecified atom stereocenters. The van der Waals surface area contributed by atoms with Gasteiger partial charge in [0.1, 0.15) is 11.4 Å². The molecule has 1 aliphatic carbocycles. The topological polar surface area (TPSA) is 63.2 Å². The van der Waals surface area contributed by atoms with E-state index in [9.17, 15) is 4.79 Å². The highest BCUT2D eigenvalue weighted by molar-refractivity contribution is 5.83. The molecule has 1 amide bonds. The number of nitrogens with one attached hydrogen (secondary N) is 2. The number of rotatable bonds is 5. The number of carbonyl (C=O) groups is 1. The van der Waals surface area contributed by atoms with Crippen LogP contribution in [0.15, 0.2) is 18.3 Å². The third kappa shape index (κ3) is 6.02. The van der Waals surface area contributed by atoms with Crippen LogP contribution in [-0.2, 0) is 4.74 Å². The van der Waals surface area contributed by atoms with Crippen molar-refractivity contribution < 1.29 is 9.53 Å². The van der Waals surface area contributed by atoms with Crippen molar-refractivity contribution in [3.63, 3.8) is 0 Å². The number of ether oxygens (including phenoxy) is 1. The summed E-state index contributed by atoms with van der Waals surface area (Å²) in [7, 11) is 0. The van der Waals surface area contributed by atoms with E-state index in [-0.39, 0.29) is 0 Å². The van der Waals surface area contributed by atoms with Gasteiger partial charge in [0.25, 0.3) is 0 Å². The Morgan fingerprint density at radius 2 is 2.14 bits per heavy atom. The maximum Gasteiger partial charge on any atom is 0.413 e. The van der Waals surface area contributed by atoms with Crippen molar-refractivity contribution in [3.05, 3.63) is 18.3 Å². The third-order valence-corrected chi connectivity index (χ3v) is 3.19. The number of pyridine rings is 1. The van der Waals surface area contributed by atoms with E-state index in [2.05, 4.69) is 22.5 Å². The second kappa shape index (κ2) is 6.33. The molecule has 0 saturated heterocycles. The van der Waals surface area contributed by atoms with Crippen molar-refractivity contribution in [1.29, 1.82) is 0 Å². The van der Waals surface area contributed by atoms with Crippen LogP contribution in [0.4, 0.5) is 16.3 Å². The number of anilines is 2. The Labute approximate surface area is 126 Å². The van der Waals surface area contributed by atoms with Gasteiger partial charge in [0.05, 0.1) is 11.9 Å². The largest absolute Gasteiger partial charge is 0.444 e. The van der Waals surface area contributed by atoms with Gasteiger partial charge in [-0.05, 0) is 52.2 Å². The first-order chi connectivity index (χ1) is 9.82. The van der Waals surface area contributed by atoms with Crippen LogP contribution in [0.3, 0.4) is 0 Å². The Morgan fingerprint density at radius 3 is 2.67 bits per heavy atom. The van der Waals surface area contributed by atoms with Crippen LogP contribution < -0.4 is 10.6 Å². The molecule has 1 aromatic heterocycles. The van der Waals surface area contributed by atoms with Crippen LogP contribution in [0.25, 0.3) is 0 Å². The zero-order valence-electron chi connectivity index (χ0n) is 13.3. The molecular formula is C16H25N3O2. The normalized spacial score (nSPS) is 16.2.